The van der Waals surface area contributed by atoms with Crippen molar-refractivity contribution in [2.75, 3.05) is 20.2 Å². The average Bonchev–Trinajstić information content (AvgIpc) is 3.31. The molecule has 0 radical (unpaired) electrons. The number of nitrogens with zero attached hydrogens (tertiary/aromatic N) is 1. The summed E-state index contributed by atoms with van der Waals surface area (Å²) in [6, 6.07) is 0. The first kappa shape index (κ1) is 17.2. The van der Waals surface area contributed by atoms with Gasteiger partial charge in [-0.3, -0.25) is 9.59 Å². The zero-order valence-electron chi connectivity index (χ0n) is 14.2. The van der Waals surface area contributed by atoms with E-state index in [0.717, 1.165) is 19.3 Å². The molecule has 0 bridgehead atoms. The summed E-state index contributed by atoms with van der Waals surface area (Å²) < 4.78 is 4.72. The molecule has 0 unspecified atom stereocenters. The van der Waals surface area contributed by atoms with E-state index in [1.807, 2.05) is 6.92 Å². The molecule has 1 aliphatic carbocycles. The van der Waals surface area contributed by atoms with Gasteiger partial charge < -0.3 is 14.6 Å². The third kappa shape index (κ3) is 3.63. The van der Waals surface area contributed by atoms with Crippen molar-refractivity contribution in [2.45, 2.75) is 40.0 Å². The number of Topliss-reactive ketones (excluding diaryl/α,β-unsaturated/α-hetero) is 1. The van der Waals surface area contributed by atoms with Crippen LogP contribution in [0.1, 0.15) is 58.3 Å². The van der Waals surface area contributed by atoms with Gasteiger partial charge >= 0.3 is 5.97 Å². The van der Waals surface area contributed by atoms with Crippen molar-refractivity contribution >= 4 is 17.7 Å². The van der Waals surface area contributed by atoms with E-state index in [1.54, 1.807) is 18.7 Å². The van der Waals surface area contributed by atoms with Crippen LogP contribution in [0.2, 0.25) is 0 Å². The molecular formula is C17H24N2O4. The molecule has 0 aliphatic heterocycles. The summed E-state index contributed by atoms with van der Waals surface area (Å²) in [7, 11) is 1.30. The lowest BCUT2D eigenvalue weighted by atomic mass is 10.0. The standard InChI is InChI=1S/C17H24N2O4/c1-5-8-19(16(21)12-6-7-12)9-13(20)14-10(2)15(17(22)23-4)18-11(14)3/h12,18H,5-9H2,1-4H3. The Hall–Kier alpha value is -2.11. The Morgan fingerprint density at radius 2 is 1.91 bits per heavy atom. The molecule has 6 heteroatoms. The first-order chi connectivity index (χ1) is 10.9. The SMILES string of the molecule is CCCN(CC(=O)c1c(C)[nH]c(C(=O)OC)c1C)C(=O)C1CC1. The number of esters is 1. The van der Waals surface area contributed by atoms with Crippen LogP contribution in [0.25, 0.3) is 0 Å². The average molecular weight is 320 g/mol. The Balaban J connectivity index is 2.20. The van der Waals surface area contributed by atoms with Crippen LogP contribution in [0.5, 0.6) is 0 Å². The van der Waals surface area contributed by atoms with Crippen LogP contribution in [-0.4, -0.2) is 47.7 Å². The molecule has 0 saturated heterocycles. The third-order valence-electron chi connectivity index (χ3n) is 4.17. The monoisotopic (exact) mass is 320 g/mol. The molecule has 1 amide bonds. The lowest BCUT2D eigenvalue weighted by Crippen LogP contribution is -2.37. The molecule has 126 valence electrons. The van der Waals surface area contributed by atoms with Gasteiger partial charge in [0.25, 0.3) is 0 Å². The highest BCUT2D eigenvalue weighted by atomic mass is 16.5. The minimum absolute atomic E-state index is 0.0588. The number of ether oxygens (including phenoxy) is 1. The Labute approximate surface area is 136 Å². The van der Waals surface area contributed by atoms with Crippen molar-refractivity contribution in [3.05, 3.63) is 22.5 Å². The molecule has 0 spiro atoms. The van der Waals surface area contributed by atoms with E-state index in [1.165, 1.54) is 7.11 Å². The number of carbonyl (C=O) groups is 3. The Morgan fingerprint density at radius 3 is 2.43 bits per heavy atom. The first-order valence-electron chi connectivity index (χ1n) is 8.00. The minimum atomic E-state index is -0.496. The molecule has 2 rings (SSSR count). The van der Waals surface area contributed by atoms with Crippen LogP contribution in [-0.2, 0) is 9.53 Å². The van der Waals surface area contributed by atoms with Gasteiger partial charge in [0, 0.05) is 23.7 Å². The lowest BCUT2D eigenvalue weighted by molar-refractivity contribution is -0.132. The highest BCUT2D eigenvalue weighted by Crippen LogP contribution is 2.31. The smallest absolute Gasteiger partial charge is 0.354 e. The summed E-state index contributed by atoms with van der Waals surface area (Å²) in [4.78, 5) is 41.2. The van der Waals surface area contributed by atoms with Crippen LogP contribution in [0.15, 0.2) is 0 Å². The van der Waals surface area contributed by atoms with E-state index < -0.39 is 5.97 Å². The fourth-order valence-electron chi connectivity index (χ4n) is 2.85. The van der Waals surface area contributed by atoms with E-state index in [-0.39, 0.29) is 24.2 Å². The van der Waals surface area contributed by atoms with Crippen LogP contribution >= 0.6 is 0 Å². The lowest BCUT2D eigenvalue weighted by Gasteiger charge is -2.21. The summed E-state index contributed by atoms with van der Waals surface area (Å²) in [5, 5.41) is 0. The van der Waals surface area contributed by atoms with E-state index in [9.17, 15) is 14.4 Å². The second kappa shape index (κ2) is 6.98. The second-order valence-electron chi connectivity index (χ2n) is 6.07. The van der Waals surface area contributed by atoms with Crippen molar-refractivity contribution in [1.29, 1.82) is 0 Å². The Kier molecular flexibility index (Phi) is 5.23. The molecule has 0 atom stereocenters. The topological polar surface area (TPSA) is 79.5 Å². The van der Waals surface area contributed by atoms with Crippen molar-refractivity contribution in [1.82, 2.24) is 9.88 Å². The normalized spacial score (nSPS) is 13.7. The number of amides is 1. The van der Waals surface area contributed by atoms with Crippen molar-refractivity contribution < 1.29 is 19.1 Å². The predicted molar refractivity (Wildman–Crippen MR) is 85.5 cm³/mol. The predicted octanol–water partition coefficient (Wildman–Crippen LogP) is 2.25. The van der Waals surface area contributed by atoms with E-state index in [0.29, 0.717) is 29.1 Å². The maximum atomic E-state index is 12.7. The summed E-state index contributed by atoms with van der Waals surface area (Å²) in [6.07, 6.45) is 2.65. The number of H-pyrrole nitrogens is 1. The molecule has 1 aliphatic rings. The number of hydrogen-bond acceptors (Lipinski definition) is 4. The molecule has 1 aromatic heterocycles. The highest BCUT2D eigenvalue weighted by molar-refractivity contribution is 6.04. The van der Waals surface area contributed by atoms with Gasteiger partial charge in [0.05, 0.1) is 13.7 Å². The number of aryl methyl sites for hydroxylation is 1. The van der Waals surface area contributed by atoms with Crippen molar-refractivity contribution in [3.8, 4) is 0 Å². The highest BCUT2D eigenvalue weighted by Gasteiger charge is 2.34. The molecule has 6 nitrogen and oxygen atoms in total. The second-order valence-corrected chi connectivity index (χ2v) is 6.07. The summed E-state index contributed by atoms with van der Waals surface area (Å²) in [5.41, 5.74) is 1.98. The number of hydrogen-bond donors (Lipinski definition) is 1. The van der Waals surface area contributed by atoms with E-state index >= 15 is 0 Å². The maximum Gasteiger partial charge on any atom is 0.354 e. The molecular weight excluding hydrogens is 296 g/mol. The number of nitrogens with one attached hydrogen (secondary N) is 1. The number of aromatic nitrogens is 1. The van der Waals surface area contributed by atoms with E-state index in [4.69, 9.17) is 4.74 Å². The number of ketones is 1. The van der Waals surface area contributed by atoms with Crippen LogP contribution in [0, 0.1) is 19.8 Å². The molecule has 1 aromatic rings. The van der Waals surface area contributed by atoms with Gasteiger partial charge in [-0.05, 0) is 38.7 Å². The van der Waals surface area contributed by atoms with Gasteiger partial charge in [-0.2, -0.15) is 0 Å². The van der Waals surface area contributed by atoms with Gasteiger partial charge in [-0.1, -0.05) is 6.92 Å². The number of carbonyl (C=O) groups excluding carboxylic acids is 3. The minimum Gasteiger partial charge on any atom is -0.464 e. The fraction of sp³-hybridized carbons (Fsp3) is 0.588. The van der Waals surface area contributed by atoms with Gasteiger partial charge in [0.2, 0.25) is 5.91 Å². The zero-order valence-corrected chi connectivity index (χ0v) is 14.2. The summed E-state index contributed by atoms with van der Waals surface area (Å²) in [5.74, 6) is -0.481. The van der Waals surface area contributed by atoms with Crippen molar-refractivity contribution in [3.63, 3.8) is 0 Å². The quantitative estimate of drug-likeness (QED) is 0.617. The van der Waals surface area contributed by atoms with Crippen LogP contribution in [0.3, 0.4) is 0 Å². The molecule has 1 saturated carbocycles. The van der Waals surface area contributed by atoms with Crippen molar-refractivity contribution in [2.24, 2.45) is 5.92 Å². The first-order valence-corrected chi connectivity index (χ1v) is 8.00. The number of methoxy groups -OCH3 is 1. The molecule has 23 heavy (non-hydrogen) atoms. The largest absolute Gasteiger partial charge is 0.464 e. The Bertz CT molecular complexity index is 629. The zero-order chi connectivity index (χ0) is 17.1. The summed E-state index contributed by atoms with van der Waals surface area (Å²) in [6.45, 7) is 6.09. The summed E-state index contributed by atoms with van der Waals surface area (Å²) >= 11 is 0. The number of rotatable bonds is 7. The molecule has 1 fully saturated rings. The number of aromatic amines is 1. The third-order valence-corrected chi connectivity index (χ3v) is 4.17. The Morgan fingerprint density at radius 1 is 1.26 bits per heavy atom. The van der Waals surface area contributed by atoms with Gasteiger partial charge in [-0.15, -0.1) is 0 Å². The van der Waals surface area contributed by atoms with Crippen LogP contribution in [0.4, 0.5) is 0 Å². The van der Waals surface area contributed by atoms with Gasteiger partial charge in [0.1, 0.15) is 5.69 Å². The van der Waals surface area contributed by atoms with Gasteiger partial charge in [0.15, 0.2) is 5.78 Å². The maximum absolute atomic E-state index is 12.7. The molecule has 0 aromatic carbocycles. The van der Waals surface area contributed by atoms with Crippen LogP contribution < -0.4 is 0 Å². The fourth-order valence-corrected chi connectivity index (χ4v) is 2.85. The van der Waals surface area contributed by atoms with E-state index in [2.05, 4.69) is 4.98 Å². The molecule has 1 heterocycles. The van der Waals surface area contributed by atoms with Gasteiger partial charge in [-0.25, -0.2) is 4.79 Å². The molecule has 1 N–H and O–H groups in total.